The third-order valence-electron chi connectivity index (χ3n) is 3.88. The molecular weight excluding hydrogens is 272 g/mol. The zero-order valence-corrected chi connectivity index (χ0v) is 12.6. The number of hydrogen-bond donors (Lipinski definition) is 1. The maximum absolute atomic E-state index is 14.3. The third-order valence-corrected chi connectivity index (χ3v) is 3.88. The molecule has 0 aromatic heterocycles. The molecule has 0 aliphatic carbocycles. The first-order chi connectivity index (χ1) is 9.88. The van der Waals surface area contributed by atoms with Crippen LogP contribution in [0.4, 0.5) is 8.78 Å². The summed E-state index contributed by atoms with van der Waals surface area (Å²) >= 11 is 0. The molecule has 0 amide bonds. The van der Waals surface area contributed by atoms with Crippen molar-refractivity contribution in [3.05, 3.63) is 63.7 Å². The van der Waals surface area contributed by atoms with Crippen LogP contribution in [0.15, 0.2) is 24.3 Å². The predicted molar refractivity (Wildman–Crippen MR) is 79.6 cm³/mol. The summed E-state index contributed by atoms with van der Waals surface area (Å²) in [5.74, 6) is -0.684. The van der Waals surface area contributed by atoms with E-state index in [1.807, 2.05) is 19.9 Å². The molecule has 2 N–H and O–H groups in total. The zero-order chi connectivity index (χ0) is 15.7. The van der Waals surface area contributed by atoms with Gasteiger partial charge < -0.3 is 10.5 Å². The van der Waals surface area contributed by atoms with E-state index in [2.05, 4.69) is 0 Å². The zero-order valence-electron chi connectivity index (χ0n) is 12.6. The van der Waals surface area contributed by atoms with Gasteiger partial charge in [0.15, 0.2) is 0 Å². The van der Waals surface area contributed by atoms with Gasteiger partial charge in [-0.25, -0.2) is 8.78 Å². The molecule has 0 aliphatic heterocycles. The largest absolute Gasteiger partial charge is 0.496 e. The molecule has 0 aliphatic rings. The Bertz CT molecular complexity index is 683. The Morgan fingerprint density at radius 3 is 2.24 bits per heavy atom. The molecule has 2 aromatic rings. The highest BCUT2D eigenvalue weighted by molar-refractivity contribution is 5.50. The van der Waals surface area contributed by atoms with E-state index in [1.54, 1.807) is 13.0 Å². The minimum absolute atomic E-state index is 0.128. The van der Waals surface area contributed by atoms with Crippen molar-refractivity contribution in [2.45, 2.75) is 26.8 Å². The van der Waals surface area contributed by atoms with Crippen LogP contribution < -0.4 is 10.5 Å². The van der Waals surface area contributed by atoms with Crippen molar-refractivity contribution in [1.82, 2.24) is 0 Å². The second-order valence-electron chi connectivity index (χ2n) is 5.20. The van der Waals surface area contributed by atoms with Crippen LogP contribution in [0.1, 0.15) is 33.9 Å². The lowest BCUT2D eigenvalue weighted by molar-refractivity contribution is 0.403. The Labute approximate surface area is 123 Å². The number of rotatable bonds is 3. The molecule has 0 bridgehead atoms. The number of nitrogens with two attached hydrogens (primary N) is 1. The molecular formula is C17H19F2NO. The molecule has 0 saturated heterocycles. The monoisotopic (exact) mass is 291 g/mol. The fourth-order valence-electron chi connectivity index (χ4n) is 2.45. The Balaban J connectivity index is 2.64. The maximum Gasteiger partial charge on any atom is 0.134 e. The Kier molecular flexibility index (Phi) is 4.28. The molecule has 2 aromatic carbocycles. The highest BCUT2D eigenvalue weighted by Gasteiger charge is 2.23. The van der Waals surface area contributed by atoms with Gasteiger partial charge in [-0.15, -0.1) is 0 Å². The van der Waals surface area contributed by atoms with E-state index in [-0.39, 0.29) is 5.56 Å². The minimum atomic E-state index is -0.917. The maximum atomic E-state index is 14.3. The van der Waals surface area contributed by atoms with E-state index in [9.17, 15) is 8.78 Å². The smallest absolute Gasteiger partial charge is 0.134 e. The lowest BCUT2D eigenvalue weighted by atomic mass is 9.93. The first-order valence-electron chi connectivity index (χ1n) is 6.72. The fraction of sp³-hybridized carbons (Fsp3) is 0.294. The van der Waals surface area contributed by atoms with Crippen LogP contribution in [0.25, 0.3) is 0 Å². The van der Waals surface area contributed by atoms with E-state index < -0.39 is 17.7 Å². The number of hydrogen-bond acceptors (Lipinski definition) is 2. The standard InChI is InChI=1S/C17H19F2NO/c1-9-5-7-12(17(21-4)11(9)3)16(20)14-13(18)8-6-10(2)15(14)19/h5-8,16H,20H2,1-4H3. The summed E-state index contributed by atoms with van der Waals surface area (Å²) in [6, 6.07) is 5.35. The quantitative estimate of drug-likeness (QED) is 0.929. The SMILES string of the molecule is COc1c(C(N)c2c(F)ccc(C)c2F)ccc(C)c1C. The van der Waals surface area contributed by atoms with Gasteiger partial charge in [-0.1, -0.05) is 18.2 Å². The van der Waals surface area contributed by atoms with Gasteiger partial charge >= 0.3 is 0 Å². The number of benzene rings is 2. The summed E-state index contributed by atoms with van der Waals surface area (Å²) in [5, 5.41) is 0. The Morgan fingerprint density at radius 2 is 1.62 bits per heavy atom. The van der Waals surface area contributed by atoms with Crippen LogP contribution in [0.3, 0.4) is 0 Å². The molecule has 0 heterocycles. The van der Waals surface area contributed by atoms with Crippen LogP contribution >= 0.6 is 0 Å². The summed E-state index contributed by atoms with van der Waals surface area (Å²) in [4.78, 5) is 0. The van der Waals surface area contributed by atoms with Crippen LogP contribution in [0.5, 0.6) is 5.75 Å². The van der Waals surface area contributed by atoms with E-state index in [1.165, 1.54) is 19.2 Å². The molecule has 0 spiro atoms. The van der Waals surface area contributed by atoms with Crippen LogP contribution in [-0.2, 0) is 0 Å². The molecule has 21 heavy (non-hydrogen) atoms. The predicted octanol–water partition coefficient (Wildman–Crippen LogP) is 3.95. The highest BCUT2D eigenvalue weighted by Crippen LogP contribution is 2.35. The van der Waals surface area contributed by atoms with Gasteiger partial charge in [0.1, 0.15) is 17.4 Å². The summed E-state index contributed by atoms with van der Waals surface area (Å²) in [6.45, 7) is 5.43. The van der Waals surface area contributed by atoms with Crippen LogP contribution in [0.2, 0.25) is 0 Å². The van der Waals surface area contributed by atoms with Crippen molar-refractivity contribution in [3.8, 4) is 5.75 Å². The topological polar surface area (TPSA) is 35.2 Å². The lowest BCUT2D eigenvalue weighted by Crippen LogP contribution is -2.18. The molecule has 2 rings (SSSR count). The van der Waals surface area contributed by atoms with Crippen molar-refractivity contribution in [3.63, 3.8) is 0 Å². The van der Waals surface area contributed by atoms with Gasteiger partial charge in [0.05, 0.1) is 13.2 Å². The van der Waals surface area contributed by atoms with E-state index in [4.69, 9.17) is 10.5 Å². The number of methoxy groups -OCH3 is 1. The van der Waals surface area contributed by atoms with Gasteiger partial charge in [-0.05, 0) is 43.5 Å². The molecule has 0 saturated carbocycles. The number of aryl methyl sites for hydroxylation is 2. The van der Waals surface area contributed by atoms with Crippen molar-refractivity contribution >= 4 is 0 Å². The number of ether oxygens (including phenoxy) is 1. The fourth-order valence-corrected chi connectivity index (χ4v) is 2.45. The summed E-state index contributed by atoms with van der Waals surface area (Å²) in [7, 11) is 1.53. The van der Waals surface area contributed by atoms with E-state index in [0.29, 0.717) is 16.9 Å². The normalized spacial score (nSPS) is 12.3. The van der Waals surface area contributed by atoms with Crippen molar-refractivity contribution < 1.29 is 13.5 Å². The second-order valence-corrected chi connectivity index (χ2v) is 5.20. The van der Waals surface area contributed by atoms with Crippen LogP contribution in [-0.4, -0.2) is 7.11 Å². The van der Waals surface area contributed by atoms with Crippen molar-refractivity contribution in [2.75, 3.05) is 7.11 Å². The van der Waals surface area contributed by atoms with Gasteiger partial charge in [0, 0.05) is 11.1 Å². The molecule has 4 heteroatoms. The first-order valence-corrected chi connectivity index (χ1v) is 6.72. The summed E-state index contributed by atoms with van der Waals surface area (Å²) in [5.41, 5.74) is 8.88. The lowest BCUT2D eigenvalue weighted by Gasteiger charge is -2.20. The van der Waals surface area contributed by atoms with Gasteiger partial charge in [0.25, 0.3) is 0 Å². The Hall–Kier alpha value is -1.94. The number of halogens is 2. The Morgan fingerprint density at radius 1 is 1.00 bits per heavy atom. The highest BCUT2D eigenvalue weighted by atomic mass is 19.1. The van der Waals surface area contributed by atoms with E-state index in [0.717, 1.165) is 11.1 Å². The third kappa shape index (κ3) is 2.63. The molecule has 1 atom stereocenters. The second kappa shape index (κ2) is 5.82. The van der Waals surface area contributed by atoms with Gasteiger partial charge in [-0.2, -0.15) is 0 Å². The van der Waals surface area contributed by atoms with E-state index >= 15 is 0 Å². The molecule has 112 valence electrons. The first kappa shape index (κ1) is 15.4. The van der Waals surface area contributed by atoms with Crippen molar-refractivity contribution in [1.29, 1.82) is 0 Å². The van der Waals surface area contributed by atoms with Crippen LogP contribution in [0, 0.1) is 32.4 Å². The molecule has 0 radical (unpaired) electrons. The summed E-state index contributed by atoms with van der Waals surface area (Å²) < 4.78 is 33.7. The van der Waals surface area contributed by atoms with Gasteiger partial charge in [0.2, 0.25) is 0 Å². The molecule has 0 fully saturated rings. The van der Waals surface area contributed by atoms with Gasteiger partial charge in [-0.3, -0.25) is 0 Å². The van der Waals surface area contributed by atoms with Crippen molar-refractivity contribution in [2.24, 2.45) is 5.73 Å². The average Bonchev–Trinajstić information content (AvgIpc) is 2.46. The minimum Gasteiger partial charge on any atom is -0.496 e. The molecule has 2 nitrogen and oxygen atoms in total. The summed E-state index contributed by atoms with van der Waals surface area (Å²) in [6.07, 6.45) is 0. The average molecular weight is 291 g/mol. The molecule has 1 unspecified atom stereocenters.